The topological polar surface area (TPSA) is 81.3 Å². The number of aromatic nitrogens is 2. The highest BCUT2D eigenvalue weighted by Gasteiger charge is 2.27. The van der Waals surface area contributed by atoms with Gasteiger partial charge in [0, 0.05) is 20.2 Å². The largest absolute Gasteiger partial charge is 0.379 e. The van der Waals surface area contributed by atoms with Crippen molar-refractivity contribution in [3.8, 4) is 0 Å². The van der Waals surface area contributed by atoms with Crippen LogP contribution in [-0.2, 0) is 4.74 Å². The van der Waals surface area contributed by atoms with E-state index >= 15 is 0 Å². The lowest BCUT2D eigenvalue weighted by molar-refractivity contribution is 0.0496. The molecule has 0 aliphatic carbocycles. The molecule has 1 aliphatic rings. The van der Waals surface area contributed by atoms with E-state index in [0.717, 1.165) is 19.5 Å². The molecule has 0 spiro atoms. The van der Waals surface area contributed by atoms with Crippen LogP contribution in [-0.4, -0.2) is 42.2 Å². The van der Waals surface area contributed by atoms with Crippen LogP contribution in [0.4, 0.5) is 5.82 Å². The van der Waals surface area contributed by atoms with Gasteiger partial charge in [-0.15, -0.1) is 0 Å². The highest BCUT2D eigenvalue weighted by atomic mass is 16.5. The molecule has 2 heterocycles. The number of hydrogen-bond acceptors (Lipinski definition) is 5. The maximum atomic E-state index is 11.1. The van der Waals surface area contributed by atoms with Gasteiger partial charge in [-0.25, -0.2) is 4.98 Å². The molecule has 2 N–H and O–H groups in total. The summed E-state index contributed by atoms with van der Waals surface area (Å²) >= 11 is 0. The second kappa shape index (κ2) is 5.30. The molecule has 1 fully saturated rings. The van der Waals surface area contributed by atoms with Gasteiger partial charge in [0.1, 0.15) is 11.5 Å². The Morgan fingerprint density at radius 1 is 1.56 bits per heavy atom. The van der Waals surface area contributed by atoms with Crippen molar-refractivity contribution in [1.29, 1.82) is 0 Å². The second-order valence-corrected chi connectivity index (χ2v) is 4.61. The molecular formula is C12H18N4O2. The van der Waals surface area contributed by atoms with E-state index in [0.29, 0.717) is 11.7 Å². The van der Waals surface area contributed by atoms with Crippen molar-refractivity contribution >= 4 is 11.7 Å². The maximum absolute atomic E-state index is 11.1. The molecule has 0 radical (unpaired) electrons. The van der Waals surface area contributed by atoms with Gasteiger partial charge >= 0.3 is 0 Å². The average molecular weight is 250 g/mol. The Hall–Kier alpha value is -1.69. The van der Waals surface area contributed by atoms with Gasteiger partial charge in [-0.3, -0.25) is 9.78 Å². The molecule has 2 rings (SSSR count). The van der Waals surface area contributed by atoms with Crippen LogP contribution in [0.1, 0.15) is 23.8 Å². The SMILES string of the molecule is COC1CN(c2cncc(C(N)=O)n2)CCC1C. The Morgan fingerprint density at radius 3 is 3.00 bits per heavy atom. The van der Waals surface area contributed by atoms with Gasteiger partial charge in [0.25, 0.3) is 5.91 Å². The number of rotatable bonds is 3. The summed E-state index contributed by atoms with van der Waals surface area (Å²) in [4.78, 5) is 21.4. The third-order valence-corrected chi connectivity index (χ3v) is 3.39. The first-order valence-corrected chi connectivity index (χ1v) is 6.01. The summed E-state index contributed by atoms with van der Waals surface area (Å²) in [6.45, 7) is 3.82. The zero-order valence-electron chi connectivity index (χ0n) is 10.7. The molecular weight excluding hydrogens is 232 g/mol. The minimum absolute atomic E-state index is 0.179. The highest BCUT2D eigenvalue weighted by molar-refractivity contribution is 5.90. The lowest BCUT2D eigenvalue weighted by Gasteiger charge is -2.36. The van der Waals surface area contributed by atoms with E-state index in [-0.39, 0.29) is 11.8 Å². The zero-order valence-corrected chi connectivity index (χ0v) is 10.7. The predicted octanol–water partition coefficient (Wildman–Crippen LogP) is 0.437. The monoisotopic (exact) mass is 250 g/mol. The number of primary amides is 1. The summed E-state index contributed by atoms with van der Waals surface area (Å²) in [6.07, 6.45) is 4.24. The third-order valence-electron chi connectivity index (χ3n) is 3.39. The summed E-state index contributed by atoms with van der Waals surface area (Å²) in [5.74, 6) is 0.650. The average Bonchev–Trinajstić information content (AvgIpc) is 2.39. The summed E-state index contributed by atoms with van der Waals surface area (Å²) in [5.41, 5.74) is 5.40. The van der Waals surface area contributed by atoms with E-state index in [1.807, 2.05) is 0 Å². The van der Waals surface area contributed by atoms with Crippen molar-refractivity contribution < 1.29 is 9.53 Å². The number of nitrogens with zero attached hydrogens (tertiary/aromatic N) is 3. The van der Waals surface area contributed by atoms with Crippen molar-refractivity contribution in [2.45, 2.75) is 19.4 Å². The van der Waals surface area contributed by atoms with Crippen LogP contribution < -0.4 is 10.6 Å². The van der Waals surface area contributed by atoms with Crippen LogP contribution in [0.5, 0.6) is 0 Å². The molecule has 2 unspecified atom stereocenters. The number of amides is 1. The van der Waals surface area contributed by atoms with Gasteiger partial charge in [-0.05, 0) is 12.3 Å². The minimum Gasteiger partial charge on any atom is -0.379 e. The van der Waals surface area contributed by atoms with Crippen LogP contribution in [0.15, 0.2) is 12.4 Å². The van der Waals surface area contributed by atoms with Crippen LogP contribution in [0.25, 0.3) is 0 Å². The maximum Gasteiger partial charge on any atom is 0.268 e. The fraction of sp³-hybridized carbons (Fsp3) is 0.583. The molecule has 0 bridgehead atoms. The van der Waals surface area contributed by atoms with E-state index in [9.17, 15) is 4.79 Å². The van der Waals surface area contributed by atoms with Gasteiger partial charge < -0.3 is 15.4 Å². The molecule has 1 amide bonds. The Balaban J connectivity index is 2.16. The normalized spacial score (nSPS) is 24.0. The first kappa shape index (κ1) is 12.8. The van der Waals surface area contributed by atoms with Crippen LogP contribution in [0.2, 0.25) is 0 Å². The molecule has 98 valence electrons. The summed E-state index contributed by atoms with van der Waals surface area (Å²) in [7, 11) is 1.72. The minimum atomic E-state index is -0.557. The predicted molar refractivity (Wildman–Crippen MR) is 67.3 cm³/mol. The van der Waals surface area contributed by atoms with E-state index in [1.54, 1.807) is 13.3 Å². The first-order chi connectivity index (χ1) is 8.61. The van der Waals surface area contributed by atoms with Crippen molar-refractivity contribution in [3.05, 3.63) is 18.1 Å². The number of carbonyl (C=O) groups is 1. The molecule has 6 heteroatoms. The van der Waals surface area contributed by atoms with Gasteiger partial charge in [0.15, 0.2) is 0 Å². The lowest BCUT2D eigenvalue weighted by Crippen LogP contribution is -2.44. The molecule has 0 aromatic carbocycles. The van der Waals surface area contributed by atoms with E-state index in [4.69, 9.17) is 10.5 Å². The molecule has 1 aliphatic heterocycles. The first-order valence-electron chi connectivity index (χ1n) is 6.01. The number of methoxy groups -OCH3 is 1. The van der Waals surface area contributed by atoms with Gasteiger partial charge in [0.2, 0.25) is 0 Å². The van der Waals surface area contributed by atoms with Crippen LogP contribution >= 0.6 is 0 Å². The Bertz CT molecular complexity index is 438. The quantitative estimate of drug-likeness (QED) is 0.841. The highest BCUT2D eigenvalue weighted by Crippen LogP contribution is 2.23. The van der Waals surface area contributed by atoms with Crippen molar-refractivity contribution in [3.63, 3.8) is 0 Å². The molecule has 1 aromatic rings. The molecule has 1 aromatic heterocycles. The third kappa shape index (κ3) is 2.59. The molecule has 0 saturated carbocycles. The van der Waals surface area contributed by atoms with E-state index < -0.39 is 5.91 Å². The molecule has 1 saturated heterocycles. The van der Waals surface area contributed by atoms with E-state index in [1.165, 1.54) is 6.20 Å². The summed E-state index contributed by atoms with van der Waals surface area (Å²) in [5, 5.41) is 0. The van der Waals surface area contributed by atoms with Crippen molar-refractivity contribution in [2.24, 2.45) is 11.7 Å². The molecule has 18 heavy (non-hydrogen) atoms. The van der Waals surface area contributed by atoms with Gasteiger partial charge in [-0.2, -0.15) is 0 Å². The lowest BCUT2D eigenvalue weighted by atomic mass is 9.96. The number of piperidine rings is 1. The fourth-order valence-electron chi connectivity index (χ4n) is 2.18. The number of hydrogen-bond donors (Lipinski definition) is 1. The van der Waals surface area contributed by atoms with Crippen LogP contribution in [0.3, 0.4) is 0 Å². The van der Waals surface area contributed by atoms with Crippen molar-refractivity contribution in [2.75, 3.05) is 25.1 Å². The fourth-order valence-corrected chi connectivity index (χ4v) is 2.18. The van der Waals surface area contributed by atoms with E-state index in [2.05, 4.69) is 21.8 Å². The number of ether oxygens (including phenoxy) is 1. The van der Waals surface area contributed by atoms with Gasteiger partial charge in [-0.1, -0.05) is 6.92 Å². The second-order valence-electron chi connectivity index (χ2n) is 4.61. The smallest absolute Gasteiger partial charge is 0.268 e. The number of nitrogens with two attached hydrogens (primary N) is 1. The Labute approximate surface area is 106 Å². The Morgan fingerprint density at radius 2 is 2.33 bits per heavy atom. The zero-order chi connectivity index (χ0) is 13.1. The van der Waals surface area contributed by atoms with Gasteiger partial charge in [0.05, 0.1) is 18.5 Å². The number of anilines is 1. The molecule has 6 nitrogen and oxygen atoms in total. The summed E-state index contributed by atoms with van der Waals surface area (Å²) in [6, 6.07) is 0. The standard InChI is InChI=1S/C12H18N4O2/c1-8-3-4-16(7-10(8)18-2)11-6-14-5-9(15-11)12(13)17/h5-6,8,10H,3-4,7H2,1-2H3,(H2,13,17). The summed E-state index contributed by atoms with van der Waals surface area (Å²) < 4.78 is 5.45. The van der Waals surface area contributed by atoms with Crippen LogP contribution in [0, 0.1) is 5.92 Å². The van der Waals surface area contributed by atoms with Crippen molar-refractivity contribution in [1.82, 2.24) is 9.97 Å². The Kier molecular flexibility index (Phi) is 3.76. The molecule has 2 atom stereocenters. The number of carbonyl (C=O) groups excluding carboxylic acids is 1.